The fourth-order valence-corrected chi connectivity index (χ4v) is 1.61. The van der Waals surface area contributed by atoms with E-state index >= 15 is 0 Å². The van der Waals surface area contributed by atoms with Crippen molar-refractivity contribution in [3.8, 4) is 0 Å². The van der Waals surface area contributed by atoms with Crippen molar-refractivity contribution in [3.63, 3.8) is 0 Å². The average Bonchev–Trinajstić information content (AvgIpc) is 2.19. The third kappa shape index (κ3) is 3.10. The molecular weight excluding hydrogens is 272 g/mol. The van der Waals surface area contributed by atoms with Crippen molar-refractivity contribution in [2.45, 2.75) is 18.9 Å². The van der Waals surface area contributed by atoms with Crippen LogP contribution in [0.3, 0.4) is 0 Å². The van der Waals surface area contributed by atoms with E-state index in [2.05, 4.69) is 15.9 Å². The lowest BCUT2D eigenvalue weighted by Gasteiger charge is -2.16. The van der Waals surface area contributed by atoms with Crippen LogP contribution in [-0.2, 0) is 0 Å². The number of hydrogen-bond acceptors (Lipinski definition) is 2. The Bertz CT molecular complexity index is 381. The molecule has 1 rings (SSSR count). The number of aliphatic hydroxyl groups excluding tert-OH is 1. The fourth-order valence-electron chi connectivity index (χ4n) is 1.25. The third-order valence-electron chi connectivity index (χ3n) is 1.98. The predicted octanol–water partition coefficient (Wildman–Crippen LogP) is 1.80. The summed E-state index contributed by atoms with van der Waals surface area (Å²) in [6, 6.07) is 2.20. The summed E-state index contributed by atoms with van der Waals surface area (Å²) < 4.78 is 25.7. The predicted molar refractivity (Wildman–Crippen MR) is 55.1 cm³/mol. The van der Waals surface area contributed by atoms with Crippen LogP contribution in [0.25, 0.3) is 0 Å². The molecule has 0 aromatic carbocycles. The minimum atomic E-state index is -2.55. The number of alkyl halides is 2. The molecule has 1 N–H and O–H groups in total. The standard InChI is InChI=1S/C9H10BrF2NO2/c10-7-2-1-3-13(9(7)15)6(5-14)4-8(11)12/h1-3,6,8,14H,4-5H2. The molecule has 0 aliphatic heterocycles. The molecule has 0 aliphatic rings. The van der Waals surface area contributed by atoms with Gasteiger partial charge in [-0.15, -0.1) is 0 Å². The largest absolute Gasteiger partial charge is 0.394 e. The molecule has 15 heavy (non-hydrogen) atoms. The van der Waals surface area contributed by atoms with Crippen LogP contribution in [0, 0.1) is 0 Å². The lowest BCUT2D eigenvalue weighted by Crippen LogP contribution is -2.28. The van der Waals surface area contributed by atoms with E-state index in [9.17, 15) is 13.6 Å². The van der Waals surface area contributed by atoms with Gasteiger partial charge in [-0.25, -0.2) is 8.78 Å². The summed E-state index contributed by atoms with van der Waals surface area (Å²) in [6.07, 6.45) is -1.70. The molecule has 1 unspecified atom stereocenters. The molecule has 0 saturated carbocycles. The number of halogens is 3. The Kier molecular flexibility index (Phi) is 4.41. The van der Waals surface area contributed by atoms with Gasteiger partial charge in [-0.2, -0.15) is 0 Å². The first kappa shape index (κ1) is 12.3. The normalized spacial score (nSPS) is 13.1. The summed E-state index contributed by atoms with van der Waals surface area (Å²) >= 11 is 3.01. The maximum Gasteiger partial charge on any atom is 0.265 e. The maximum atomic E-state index is 12.2. The van der Waals surface area contributed by atoms with Crippen LogP contribution in [0.5, 0.6) is 0 Å². The summed E-state index contributed by atoms with van der Waals surface area (Å²) in [6.45, 7) is -0.485. The molecule has 0 radical (unpaired) electrons. The van der Waals surface area contributed by atoms with E-state index in [1.807, 2.05) is 0 Å². The highest BCUT2D eigenvalue weighted by atomic mass is 79.9. The quantitative estimate of drug-likeness (QED) is 0.915. The van der Waals surface area contributed by atoms with Gasteiger partial charge in [0.05, 0.1) is 17.1 Å². The van der Waals surface area contributed by atoms with Crippen LogP contribution < -0.4 is 5.56 Å². The van der Waals surface area contributed by atoms with E-state index in [1.165, 1.54) is 12.3 Å². The van der Waals surface area contributed by atoms with Crippen molar-refractivity contribution in [3.05, 3.63) is 33.2 Å². The van der Waals surface area contributed by atoms with Gasteiger partial charge in [-0.05, 0) is 28.1 Å². The molecule has 0 aliphatic carbocycles. The van der Waals surface area contributed by atoms with Crippen LogP contribution in [0.4, 0.5) is 8.78 Å². The second-order valence-corrected chi connectivity index (χ2v) is 3.89. The zero-order chi connectivity index (χ0) is 11.4. The summed E-state index contributed by atoms with van der Waals surface area (Å²) in [5.74, 6) is 0. The van der Waals surface area contributed by atoms with E-state index in [4.69, 9.17) is 5.11 Å². The molecule has 84 valence electrons. The van der Waals surface area contributed by atoms with E-state index in [-0.39, 0.29) is 4.47 Å². The molecule has 1 atom stereocenters. The first-order chi connectivity index (χ1) is 7.06. The van der Waals surface area contributed by atoms with Gasteiger partial charge >= 0.3 is 0 Å². The number of pyridine rings is 1. The molecule has 6 heteroatoms. The van der Waals surface area contributed by atoms with Gasteiger partial charge in [-0.1, -0.05) is 0 Å². The van der Waals surface area contributed by atoms with Crippen molar-refractivity contribution in [2.75, 3.05) is 6.61 Å². The Balaban J connectivity index is 3.02. The Labute approximate surface area is 93.5 Å². The van der Waals surface area contributed by atoms with E-state index in [0.717, 1.165) is 4.57 Å². The average molecular weight is 282 g/mol. The monoisotopic (exact) mass is 281 g/mol. The molecule has 0 amide bonds. The van der Waals surface area contributed by atoms with E-state index < -0.39 is 31.1 Å². The Morgan fingerprint density at radius 3 is 2.73 bits per heavy atom. The minimum absolute atomic E-state index is 0.290. The van der Waals surface area contributed by atoms with Crippen LogP contribution in [0.1, 0.15) is 12.5 Å². The highest BCUT2D eigenvalue weighted by Gasteiger charge is 2.17. The summed E-state index contributed by atoms with van der Waals surface area (Å²) in [5, 5.41) is 8.94. The lowest BCUT2D eigenvalue weighted by molar-refractivity contribution is 0.0945. The van der Waals surface area contributed by atoms with Crippen molar-refractivity contribution >= 4 is 15.9 Å². The van der Waals surface area contributed by atoms with E-state index in [1.54, 1.807) is 6.07 Å². The van der Waals surface area contributed by atoms with Crippen LogP contribution in [0.15, 0.2) is 27.6 Å². The van der Waals surface area contributed by atoms with Crippen molar-refractivity contribution in [2.24, 2.45) is 0 Å². The number of aromatic nitrogens is 1. The topological polar surface area (TPSA) is 42.2 Å². The van der Waals surface area contributed by atoms with Crippen molar-refractivity contribution < 1.29 is 13.9 Å². The zero-order valence-electron chi connectivity index (χ0n) is 7.74. The first-order valence-corrected chi connectivity index (χ1v) is 5.11. The van der Waals surface area contributed by atoms with Crippen LogP contribution >= 0.6 is 15.9 Å². The molecule has 1 heterocycles. The zero-order valence-corrected chi connectivity index (χ0v) is 9.32. The van der Waals surface area contributed by atoms with Crippen LogP contribution in [0.2, 0.25) is 0 Å². The van der Waals surface area contributed by atoms with Gasteiger partial charge in [0.1, 0.15) is 0 Å². The van der Waals surface area contributed by atoms with Gasteiger partial charge in [-0.3, -0.25) is 4.79 Å². The maximum absolute atomic E-state index is 12.2. The van der Waals surface area contributed by atoms with Gasteiger partial charge in [0.15, 0.2) is 0 Å². The first-order valence-electron chi connectivity index (χ1n) is 4.32. The summed E-state index contributed by atoms with van der Waals surface area (Å²) in [4.78, 5) is 11.5. The van der Waals surface area contributed by atoms with Crippen molar-refractivity contribution in [1.29, 1.82) is 0 Å². The highest BCUT2D eigenvalue weighted by molar-refractivity contribution is 9.10. The van der Waals surface area contributed by atoms with Gasteiger partial charge < -0.3 is 9.67 Å². The highest BCUT2D eigenvalue weighted by Crippen LogP contribution is 2.15. The molecular formula is C9H10BrF2NO2. The van der Waals surface area contributed by atoms with Crippen LogP contribution in [-0.4, -0.2) is 22.7 Å². The molecule has 0 saturated heterocycles. The Hall–Kier alpha value is -0.750. The minimum Gasteiger partial charge on any atom is -0.394 e. The number of hydrogen-bond donors (Lipinski definition) is 1. The molecule has 0 spiro atoms. The number of aliphatic hydroxyl groups is 1. The second kappa shape index (κ2) is 5.37. The molecule has 1 aromatic rings. The smallest absolute Gasteiger partial charge is 0.265 e. The lowest BCUT2D eigenvalue weighted by atomic mass is 10.2. The Morgan fingerprint density at radius 2 is 2.20 bits per heavy atom. The summed E-state index contributed by atoms with van der Waals surface area (Å²) in [7, 11) is 0. The number of nitrogens with zero attached hydrogens (tertiary/aromatic N) is 1. The molecule has 3 nitrogen and oxygen atoms in total. The SMILES string of the molecule is O=c1c(Br)cccn1C(CO)CC(F)F. The second-order valence-electron chi connectivity index (χ2n) is 3.03. The van der Waals surface area contributed by atoms with Gasteiger partial charge in [0.2, 0.25) is 6.43 Å². The number of rotatable bonds is 4. The third-order valence-corrected chi connectivity index (χ3v) is 2.59. The molecule has 0 fully saturated rings. The fraction of sp³-hybridized carbons (Fsp3) is 0.444. The van der Waals surface area contributed by atoms with Gasteiger partial charge in [0, 0.05) is 12.6 Å². The molecule has 1 aromatic heterocycles. The van der Waals surface area contributed by atoms with Gasteiger partial charge in [0.25, 0.3) is 5.56 Å². The molecule has 0 bridgehead atoms. The summed E-state index contributed by atoms with van der Waals surface area (Å²) in [5.41, 5.74) is -0.419. The van der Waals surface area contributed by atoms with Crippen molar-refractivity contribution in [1.82, 2.24) is 4.57 Å². The van der Waals surface area contributed by atoms with E-state index in [0.29, 0.717) is 0 Å². The Morgan fingerprint density at radius 1 is 1.53 bits per heavy atom.